The average molecular weight is 165 g/mol. The van der Waals surface area contributed by atoms with Crippen molar-refractivity contribution in [1.29, 1.82) is 0 Å². The zero-order chi connectivity index (χ0) is 8.39. The Balaban J connectivity index is 2.17. The highest BCUT2D eigenvalue weighted by molar-refractivity contribution is 5.98. The Bertz CT molecular complexity index is 272. The van der Waals surface area contributed by atoms with E-state index in [2.05, 4.69) is 20.6 Å². The number of amidine groups is 1. The van der Waals surface area contributed by atoms with Crippen LogP contribution >= 0.6 is 0 Å². The molecule has 0 radical (unpaired) electrons. The van der Waals surface area contributed by atoms with Crippen LogP contribution in [0.5, 0.6) is 0 Å². The summed E-state index contributed by atoms with van der Waals surface area (Å²) < 4.78 is 0. The van der Waals surface area contributed by atoms with Gasteiger partial charge in [-0.05, 0) is 12.8 Å². The van der Waals surface area contributed by atoms with Gasteiger partial charge in [-0.3, -0.25) is 10.1 Å². The van der Waals surface area contributed by atoms with E-state index >= 15 is 0 Å². The number of aliphatic imine (C=N–C) groups is 1. The molecule has 1 aromatic heterocycles. The largest absolute Gasteiger partial charge is 0.308 e. The van der Waals surface area contributed by atoms with Crippen molar-refractivity contribution in [2.24, 2.45) is 10.8 Å². The maximum absolute atomic E-state index is 5.32. The molecule has 0 saturated heterocycles. The number of aromatic amines is 1. The standard InChI is InChI=1S/C7H11N5/c8-12-7(11-6-1-2-6)5-3-9-10-4-5/h3-4,6H,1-2,8H2,(H,9,10)(H,11,12). The fourth-order valence-corrected chi connectivity index (χ4v) is 0.962. The zero-order valence-corrected chi connectivity index (χ0v) is 6.62. The van der Waals surface area contributed by atoms with Crippen molar-refractivity contribution in [2.75, 3.05) is 0 Å². The third kappa shape index (κ3) is 1.45. The summed E-state index contributed by atoms with van der Waals surface area (Å²) in [5, 5.41) is 6.53. The van der Waals surface area contributed by atoms with Crippen molar-refractivity contribution in [3.63, 3.8) is 0 Å². The lowest BCUT2D eigenvalue weighted by Crippen LogP contribution is -2.31. The number of aromatic nitrogens is 2. The molecule has 1 heterocycles. The van der Waals surface area contributed by atoms with Gasteiger partial charge in [0.15, 0.2) is 0 Å². The van der Waals surface area contributed by atoms with Gasteiger partial charge in [-0.2, -0.15) is 5.10 Å². The highest BCUT2D eigenvalue weighted by Crippen LogP contribution is 2.23. The van der Waals surface area contributed by atoms with E-state index in [0.717, 1.165) is 5.56 Å². The van der Waals surface area contributed by atoms with Crippen molar-refractivity contribution in [1.82, 2.24) is 15.6 Å². The molecule has 0 amide bonds. The maximum Gasteiger partial charge on any atom is 0.145 e. The van der Waals surface area contributed by atoms with Crippen LogP contribution in [0, 0.1) is 0 Å². The summed E-state index contributed by atoms with van der Waals surface area (Å²) >= 11 is 0. The second-order valence-corrected chi connectivity index (χ2v) is 2.84. The smallest absolute Gasteiger partial charge is 0.145 e. The SMILES string of the molecule is NNC(=NC1CC1)c1cn[nH]c1. The molecule has 1 aromatic rings. The number of rotatable bonds is 2. The molecule has 5 heteroatoms. The van der Waals surface area contributed by atoms with Crippen molar-refractivity contribution in [3.8, 4) is 0 Å². The monoisotopic (exact) mass is 165 g/mol. The Morgan fingerprint density at radius 2 is 2.58 bits per heavy atom. The molecule has 0 aliphatic heterocycles. The van der Waals surface area contributed by atoms with E-state index < -0.39 is 0 Å². The van der Waals surface area contributed by atoms with Crippen LogP contribution in [0.3, 0.4) is 0 Å². The van der Waals surface area contributed by atoms with Crippen LogP contribution in [0.4, 0.5) is 0 Å². The second-order valence-electron chi connectivity index (χ2n) is 2.84. The fourth-order valence-electron chi connectivity index (χ4n) is 0.962. The summed E-state index contributed by atoms with van der Waals surface area (Å²) in [6, 6.07) is 0.464. The Labute approximate surface area is 70.0 Å². The molecule has 1 aliphatic carbocycles. The maximum atomic E-state index is 5.32. The zero-order valence-electron chi connectivity index (χ0n) is 6.62. The summed E-state index contributed by atoms with van der Waals surface area (Å²) in [5.74, 6) is 6.03. The molecule has 0 aromatic carbocycles. The Hall–Kier alpha value is -1.36. The molecule has 12 heavy (non-hydrogen) atoms. The minimum atomic E-state index is 0.464. The van der Waals surface area contributed by atoms with Gasteiger partial charge in [-0.15, -0.1) is 0 Å². The highest BCUT2D eigenvalue weighted by Gasteiger charge is 2.21. The first-order chi connectivity index (χ1) is 5.90. The van der Waals surface area contributed by atoms with Gasteiger partial charge >= 0.3 is 0 Å². The summed E-state index contributed by atoms with van der Waals surface area (Å²) in [6.45, 7) is 0. The molecule has 1 aliphatic rings. The summed E-state index contributed by atoms with van der Waals surface area (Å²) in [6.07, 6.45) is 5.80. The molecule has 0 spiro atoms. The lowest BCUT2D eigenvalue weighted by atomic mass is 10.3. The summed E-state index contributed by atoms with van der Waals surface area (Å²) in [5.41, 5.74) is 3.47. The van der Waals surface area contributed by atoms with Crippen LogP contribution in [0.2, 0.25) is 0 Å². The first kappa shape index (κ1) is 7.30. The van der Waals surface area contributed by atoms with Gasteiger partial charge in [-0.25, -0.2) is 5.84 Å². The minimum Gasteiger partial charge on any atom is -0.308 e. The first-order valence-corrected chi connectivity index (χ1v) is 3.93. The first-order valence-electron chi connectivity index (χ1n) is 3.93. The molecule has 0 atom stereocenters. The number of H-pyrrole nitrogens is 1. The summed E-state index contributed by atoms with van der Waals surface area (Å²) in [7, 11) is 0. The van der Waals surface area contributed by atoms with Crippen LogP contribution in [0.1, 0.15) is 18.4 Å². The summed E-state index contributed by atoms with van der Waals surface area (Å²) in [4.78, 5) is 4.37. The van der Waals surface area contributed by atoms with Crippen LogP contribution in [-0.4, -0.2) is 22.1 Å². The minimum absolute atomic E-state index is 0.464. The normalized spacial score (nSPS) is 17.9. The quantitative estimate of drug-likeness (QED) is 0.245. The molecule has 0 unspecified atom stereocenters. The molecule has 4 N–H and O–H groups in total. The van der Waals surface area contributed by atoms with Gasteiger partial charge in [0.25, 0.3) is 0 Å². The fraction of sp³-hybridized carbons (Fsp3) is 0.429. The number of nitrogens with one attached hydrogen (secondary N) is 2. The number of nitrogens with zero attached hydrogens (tertiary/aromatic N) is 2. The predicted molar refractivity (Wildman–Crippen MR) is 45.5 cm³/mol. The van der Waals surface area contributed by atoms with E-state index in [1.54, 1.807) is 12.4 Å². The Morgan fingerprint density at radius 1 is 1.75 bits per heavy atom. The average Bonchev–Trinajstić information content (AvgIpc) is 2.74. The second kappa shape index (κ2) is 2.94. The van der Waals surface area contributed by atoms with Gasteiger partial charge in [0.05, 0.1) is 17.8 Å². The number of nitrogens with two attached hydrogens (primary N) is 1. The van der Waals surface area contributed by atoms with Crippen LogP contribution < -0.4 is 11.3 Å². The van der Waals surface area contributed by atoms with Gasteiger partial charge in [-0.1, -0.05) is 0 Å². The Kier molecular flexibility index (Phi) is 1.79. The topological polar surface area (TPSA) is 79.1 Å². The van der Waals surface area contributed by atoms with Crippen molar-refractivity contribution >= 4 is 5.84 Å². The van der Waals surface area contributed by atoms with E-state index in [0.29, 0.717) is 11.9 Å². The third-order valence-corrected chi connectivity index (χ3v) is 1.77. The highest BCUT2D eigenvalue weighted by atomic mass is 15.3. The van der Waals surface area contributed by atoms with E-state index in [4.69, 9.17) is 5.84 Å². The number of hydrogen-bond donors (Lipinski definition) is 3. The number of hydrazine groups is 1. The molecular weight excluding hydrogens is 154 g/mol. The van der Waals surface area contributed by atoms with E-state index in [-0.39, 0.29) is 0 Å². The predicted octanol–water partition coefficient (Wildman–Crippen LogP) is -0.218. The molecule has 1 fully saturated rings. The van der Waals surface area contributed by atoms with Gasteiger partial charge in [0.1, 0.15) is 5.84 Å². The van der Waals surface area contributed by atoms with Crippen molar-refractivity contribution in [3.05, 3.63) is 18.0 Å². The van der Waals surface area contributed by atoms with Gasteiger partial charge in [0.2, 0.25) is 0 Å². The van der Waals surface area contributed by atoms with Crippen LogP contribution in [0.15, 0.2) is 17.4 Å². The molecule has 1 saturated carbocycles. The van der Waals surface area contributed by atoms with Crippen LogP contribution in [-0.2, 0) is 0 Å². The van der Waals surface area contributed by atoms with Crippen molar-refractivity contribution < 1.29 is 0 Å². The number of hydrogen-bond acceptors (Lipinski definition) is 3. The molecule has 2 rings (SSSR count). The molecule has 5 nitrogen and oxygen atoms in total. The molecule has 64 valence electrons. The van der Waals surface area contributed by atoms with Gasteiger partial charge < -0.3 is 5.43 Å². The van der Waals surface area contributed by atoms with E-state index in [1.165, 1.54) is 12.8 Å². The van der Waals surface area contributed by atoms with E-state index in [1.807, 2.05) is 0 Å². The molecule has 0 bridgehead atoms. The van der Waals surface area contributed by atoms with Gasteiger partial charge in [0, 0.05) is 6.20 Å². The lowest BCUT2D eigenvalue weighted by molar-refractivity contribution is 0.971. The van der Waals surface area contributed by atoms with Crippen molar-refractivity contribution in [2.45, 2.75) is 18.9 Å². The Morgan fingerprint density at radius 3 is 3.08 bits per heavy atom. The van der Waals surface area contributed by atoms with E-state index in [9.17, 15) is 0 Å². The lowest BCUT2D eigenvalue weighted by Gasteiger charge is -2.00. The van der Waals surface area contributed by atoms with Crippen LogP contribution in [0.25, 0.3) is 0 Å². The third-order valence-electron chi connectivity index (χ3n) is 1.77. The molecular formula is C7H11N5.